The number of amides is 2. The zero-order valence-electron chi connectivity index (χ0n) is 19.5. The molecule has 0 aliphatic carbocycles. The van der Waals surface area contributed by atoms with Crippen LogP contribution in [0.4, 0.5) is 11.4 Å². The van der Waals surface area contributed by atoms with Crippen molar-refractivity contribution in [2.24, 2.45) is 5.92 Å². The lowest BCUT2D eigenvalue weighted by Gasteiger charge is -2.32. The van der Waals surface area contributed by atoms with E-state index in [-0.39, 0.29) is 23.3 Å². The van der Waals surface area contributed by atoms with Crippen LogP contribution in [0.15, 0.2) is 41.3 Å². The maximum atomic E-state index is 13.5. The molecule has 2 N–H and O–H groups in total. The molecule has 4 rings (SSSR count). The number of piperidine rings is 1. The predicted octanol–water partition coefficient (Wildman–Crippen LogP) is 3.15. The van der Waals surface area contributed by atoms with E-state index >= 15 is 0 Å². The minimum Gasteiger partial charge on any atom is -0.497 e. The molecule has 0 saturated carbocycles. The normalized spacial score (nSPS) is 20.6. The molecule has 9 nitrogen and oxygen atoms in total. The Morgan fingerprint density at radius 2 is 2.00 bits per heavy atom. The fourth-order valence-electron chi connectivity index (χ4n) is 4.26. The minimum atomic E-state index is -3.87. The largest absolute Gasteiger partial charge is 0.497 e. The van der Waals surface area contributed by atoms with Crippen molar-refractivity contribution in [1.29, 1.82) is 0 Å². The molecule has 2 aromatic rings. The van der Waals surface area contributed by atoms with Crippen molar-refractivity contribution in [2.45, 2.75) is 44.1 Å². The molecule has 0 aromatic heterocycles. The molecule has 2 heterocycles. The Morgan fingerprint density at radius 1 is 1.26 bits per heavy atom. The second-order valence-corrected chi connectivity index (χ2v) is 10.4. The number of methoxy groups -OCH3 is 1. The SMILES string of the molecule is CC[C@@H]1Oc2cc(S(=O)(=O)N3CCC[C@@H](C(=O)Nc4ccc(OC)cc4)C3)c(C)cc2NC1=O. The summed E-state index contributed by atoms with van der Waals surface area (Å²) in [6, 6.07) is 10.1. The first-order valence-electron chi connectivity index (χ1n) is 11.3. The quantitative estimate of drug-likeness (QED) is 0.647. The lowest BCUT2D eigenvalue weighted by atomic mass is 9.99. The molecular weight excluding hydrogens is 458 g/mol. The Balaban J connectivity index is 1.52. The van der Waals surface area contributed by atoms with Gasteiger partial charge in [-0.05, 0) is 62.1 Å². The fraction of sp³-hybridized carbons (Fsp3) is 0.417. The number of rotatable bonds is 6. The number of sulfonamides is 1. The average Bonchev–Trinajstić information content (AvgIpc) is 2.83. The van der Waals surface area contributed by atoms with Crippen molar-refractivity contribution >= 4 is 33.2 Å². The van der Waals surface area contributed by atoms with E-state index in [2.05, 4.69) is 10.6 Å². The molecule has 0 bridgehead atoms. The van der Waals surface area contributed by atoms with Gasteiger partial charge in [0.1, 0.15) is 11.5 Å². The summed E-state index contributed by atoms with van der Waals surface area (Å²) < 4.78 is 39.3. The first kappa shape index (κ1) is 24.0. The number of ether oxygens (including phenoxy) is 2. The van der Waals surface area contributed by atoms with Crippen LogP contribution in [-0.4, -0.2) is 50.8 Å². The summed E-state index contributed by atoms with van der Waals surface area (Å²) in [7, 11) is -2.30. The molecule has 2 aliphatic rings. The number of hydrogen-bond donors (Lipinski definition) is 2. The van der Waals surface area contributed by atoms with Gasteiger partial charge in [0, 0.05) is 24.8 Å². The summed E-state index contributed by atoms with van der Waals surface area (Å²) in [4.78, 5) is 25.1. The van der Waals surface area contributed by atoms with E-state index in [0.29, 0.717) is 54.2 Å². The first-order valence-corrected chi connectivity index (χ1v) is 12.7. The summed E-state index contributed by atoms with van der Waals surface area (Å²) in [5.74, 6) is 0.0861. The van der Waals surface area contributed by atoms with Crippen LogP contribution in [-0.2, 0) is 19.6 Å². The van der Waals surface area contributed by atoms with Gasteiger partial charge < -0.3 is 20.1 Å². The molecule has 0 spiro atoms. The van der Waals surface area contributed by atoms with Crippen molar-refractivity contribution in [3.05, 3.63) is 42.0 Å². The number of carbonyl (C=O) groups excluding carboxylic acids is 2. The number of nitrogens with zero attached hydrogens (tertiary/aromatic N) is 1. The fourth-order valence-corrected chi connectivity index (χ4v) is 6.01. The Bertz CT molecular complexity index is 1200. The zero-order valence-corrected chi connectivity index (χ0v) is 20.3. The van der Waals surface area contributed by atoms with Crippen LogP contribution in [0.1, 0.15) is 31.7 Å². The van der Waals surface area contributed by atoms with Gasteiger partial charge in [-0.2, -0.15) is 4.31 Å². The van der Waals surface area contributed by atoms with Crippen molar-refractivity contribution in [2.75, 3.05) is 30.8 Å². The van der Waals surface area contributed by atoms with Crippen LogP contribution in [0, 0.1) is 12.8 Å². The Kier molecular flexibility index (Phi) is 6.81. The molecule has 182 valence electrons. The topological polar surface area (TPSA) is 114 Å². The van der Waals surface area contributed by atoms with E-state index in [1.807, 2.05) is 6.92 Å². The highest BCUT2D eigenvalue weighted by Crippen LogP contribution is 2.36. The molecule has 10 heteroatoms. The van der Waals surface area contributed by atoms with Gasteiger partial charge in [-0.3, -0.25) is 9.59 Å². The van der Waals surface area contributed by atoms with E-state index in [1.165, 1.54) is 10.4 Å². The second-order valence-electron chi connectivity index (χ2n) is 8.54. The van der Waals surface area contributed by atoms with Gasteiger partial charge in [0.25, 0.3) is 5.91 Å². The Labute approximate surface area is 199 Å². The van der Waals surface area contributed by atoms with Crippen molar-refractivity contribution < 1.29 is 27.5 Å². The van der Waals surface area contributed by atoms with Crippen LogP contribution >= 0.6 is 0 Å². The number of aryl methyl sites for hydroxylation is 1. The first-order chi connectivity index (χ1) is 16.2. The molecule has 2 atom stereocenters. The van der Waals surface area contributed by atoms with Gasteiger partial charge in [0.05, 0.1) is 23.6 Å². The van der Waals surface area contributed by atoms with Gasteiger partial charge in [-0.1, -0.05) is 6.92 Å². The molecule has 34 heavy (non-hydrogen) atoms. The zero-order chi connectivity index (χ0) is 24.5. The third kappa shape index (κ3) is 4.74. The van der Waals surface area contributed by atoms with Gasteiger partial charge in [-0.15, -0.1) is 0 Å². The molecule has 0 radical (unpaired) electrons. The second kappa shape index (κ2) is 9.63. The lowest BCUT2D eigenvalue weighted by Crippen LogP contribution is -2.44. The van der Waals surface area contributed by atoms with Gasteiger partial charge >= 0.3 is 0 Å². The number of nitrogens with one attached hydrogen (secondary N) is 2. The van der Waals surface area contributed by atoms with E-state index in [4.69, 9.17) is 9.47 Å². The average molecular weight is 488 g/mol. The van der Waals surface area contributed by atoms with E-state index in [0.717, 1.165) is 0 Å². The summed E-state index contributed by atoms with van der Waals surface area (Å²) in [6.45, 7) is 3.94. The highest BCUT2D eigenvalue weighted by molar-refractivity contribution is 7.89. The third-order valence-corrected chi connectivity index (χ3v) is 8.20. The van der Waals surface area contributed by atoms with Crippen LogP contribution in [0.25, 0.3) is 0 Å². The van der Waals surface area contributed by atoms with E-state index < -0.39 is 22.0 Å². The molecule has 2 amide bonds. The molecule has 0 unspecified atom stereocenters. The van der Waals surface area contributed by atoms with Crippen LogP contribution < -0.4 is 20.1 Å². The Hall–Kier alpha value is -3.11. The summed E-state index contributed by atoms with van der Waals surface area (Å²) in [5, 5.41) is 5.65. The lowest BCUT2D eigenvalue weighted by molar-refractivity contribution is -0.123. The summed E-state index contributed by atoms with van der Waals surface area (Å²) in [5.41, 5.74) is 1.59. The van der Waals surface area contributed by atoms with Crippen LogP contribution in [0.2, 0.25) is 0 Å². The highest BCUT2D eigenvalue weighted by Gasteiger charge is 2.36. The standard InChI is InChI=1S/C24H29N3O6S/c1-4-20-24(29)26-19-12-15(2)22(13-21(19)33-20)34(30,31)27-11-5-6-16(14-27)23(28)25-17-7-9-18(32-3)10-8-17/h7-10,12-13,16,20H,4-6,11,14H2,1-3H3,(H,25,28)(H,26,29)/t16-,20+/m1/s1. The molecule has 1 fully saturated rings. The van der Waals surface area contributed by atoms with E-state index in [9.17, 15) is 18.0 Å². The number of benzene rings is 2. The molecule has 2 aromatic carbocycles. The molecule has 1 saturated heterocycles. The maximum Gasteiger partial charge on any atom is 0.265 e. The van der Waals surface area contributed by atoms with Gasteiger partial charge in [0.15, 0.2) is 6.10 Å². The predicted molar refractivity (Wildman–Crippen MR) is 128 cm³/mol. The van der Waals surface area contributed by atoms with Crippen molar-refractivity contribution in [1.82, 2.24) is 4.31 Å². The van der Waals surface area contributed by atoms with E-state index in [1.54, 1.807) is 44.4 Å². The maximum absolute atomic E-state index is 13.5. The summed E-state index contributed by atoms with van der Waals surface area (Å²) >= 11 is 0. The highest BCUT2D eigenvalue weighted by atomic mass is 32.2. The van der Waals surface area contributed by atoms with Crippen LogP contribution in [0.5, 0.6) is 11.5 Å². The third-order valence-electron chi connectivity index (χ3n) is 6.20. The summed E-state index contributed by atoms with van der Waals surface area (Å²) in [6.07, 6.45) is 0.990. The van der Waals surface area contributed by atoms with Crippen molar-refractivity contribution in [3.63, 3.8) is 0 Å². The minimum absolute atomic E-state index is 0.0933. The number of fused-ring (bicyclic) bond motifs is 1. The molecular formula is C24H29N3O6S. The number of carbonyl (C=O) groups is 2. The number of anilines is 2. The number of hydrogen-bond acceptors (Lipinski definition) is 6. The monoisotopic (exact) mass is 487 g/mol. The molecule has 2 aliphatic heterocycles. The van der Waals surface area contributed by atoms with Crippen molar-refractivity contribution in [3.8, 4) is 11.5 Å². The smallest absolute Gasteiger partial charge is 0.265 e. The van der Waals surface area contributed by atoms with Crippen LogP contribution in [0.3, 0.4) is 0 Å². The van der Waals surface area contributed by atoms with Gasteiger partial charge in [-0.25, -0.2) is 8.42 Å². The Morgan fingerprint density at radius 3 is 2.68 bits per heavy atom. The van der Waals surface area contributed by atoms with Gasteiger partial charge in [0.2, 0.25) is 15.9 Å².